The number of nitrogens with zero attached hydrogens (tertiary/aromatic N) is 2. The number of carbonyl (C=O) groups excluding carboxylic acids is 1. The van der Waals surface area contributed by atoms with Crippen LogP contribution in [0.1, 0.15) is 41.7 Å². The Morgan fingerprint density at radius 3 is 2.95 bits per heavy atom. The molecule has 21 heavy (non-hydrogen) atoms. The Kier molecular flexibility index (Phi) is 5.30. The lowest BCUT2D eigenvalue weighted by Gasteiger charge is -2.36. The van der Waals surface area contributed by atoms with Gasteiger partial charge in [0.05, 0.1) is 5.01 Å². The Labute approximate surface area is 128 Å². The zero-order valence-electron chi connectivity index (χ0n) is 12.1. The first kappa shape index (κ1) is 15.9. The molecule has 2 unspecified atom stereocenters. The Balaban J connectivity index is 2.13. The summed E-state index contributed by atoms with van der Waals surface area (Å²) >= 11 is 1.40. The molecule has 0 bridgehead atoms. The summed E-state index contributed by atoms with van der Waals surface area (Å²) in [5.74, 6) is -0.839. The fourth-order valence-corrected chi connectivity index (χ4v) is 3.47. The zero-order chi connectivity index (χ0) is 15.4. The molecule has 7 heteroatoms. The van der Waals surface area contributed by atoms with Crippen molar-refractivity contribution in [1.29, 1.82) is 0 Å². The summed E-state index contributed by atoms with van der Waals surface area (Å²) in [6.07, 6.45) is 2.96. The van der Waals surface area contributed by atoms with Gasteiger partial charge in [-0.2, -0.15) is 0 Å². The smallest absolute Gasteiger partial charge is 0.326 e. The van der Waals surface area contributed by atoms with E-state index in [4.69, 9.17) is 5.73 Å². The predicted molar refractivity (Wildman–Crippen MR) is 80.3 cm³/mol. The van der Waals surface area contributed by atoms with Gasteiger partial charge in [-0.15, -0.1) is 11.3 Å². The summed E-state index contributed by atoms with van der Waals surface area (Å²) in [4.78, 5) is 29.7. The van der Waals surface area contributed by atoms with Gasteiger partial charge in [0.2, 0.25) is 0 Å². The van der Waals surface area contributed by atoms with Gasteiger partial charge in [-0.1, -0.05) is 13.3 Å². The molecule has 1 fully saturated rings. The number of thiazole rings is 1. The first-order valence-corrected chi connectivity index (χ1v) is 8.13. The van der Waals surface area contributed by atoms with E-state index in [0.717, 1.165) is 17.8 Å². The normalized spacial score (nSPS) is 22.3. The van der Waals surface area contributed by atoms with Crippen LogP contribution in [0.15, 0.2) is 5.38 Å². The van der Waals surface area contributed by atoms with Gasteiger partial charge in [-0.3, -0.25) is 4.79 Å². The maximum Gasteiger partial charge on any atom is 0.326 e. The maximum atomic E-state index is 12.5. The number of likely N-dealkylation sites (tertiary alicyclic amines) is 1. The summed E-state index contributed by atoms with van der Waals surface area (Å²) in [7, 11) is 0. The van der Waals surface area contributed by atoms with Crippen LogP contribution >= 0.6 is 11.3 Å². The number of aliphatic carboxylic acids is 1. The second kappa shape index (κ2) is 7.00. The van der Waals surface area contributed by atoms with E-state index in [1.165, 1.54) is 16.2 Å². The third-order valence-electron chi connectivity index (χ3n) is 3.96. The number of aromatic nitrogens is 1. The minimum atomic E-state index is -0.932. The number of amides is 1. The third-order valence-corrected chi connectivity index (χ3v) is 4.87. The van der Waals surface area contributed by atoms with Gasteiger partial charge in [0.1, 0.15) is 11.7 Å². The van der Waals surface area contributed by atoms with Crippen molar-refractivity contribution < 1.29 is 14.7 Å². The monoisotopic (exact) mass is 311 g/mol. The SMILES string of the molecule is CCC1CCN(C(=O)c2csc(CCN)n2)C(C(=O)O)C1. The number of carboxylic acid groups (broad SMARTS) is 1. The van der Waals surface area contributed by atoms with Crippen molar-refractivity contribution in [2.45, 2.75) is 38.6 Å². The molecule has 6 nitrogen and oxygen atoms in total. The number of carboxylic acids is 1. The highest BCUT2D eigenvalue weighted by Gasteiger charge is 2.36. The van der Waals surface area contributed by atoms with E-state index < -0.39 is 12.0 Å². The Morgan fingerprint density at radius 2 is 2.33 bits per heavy atom. The van der Waals surface area contributed by atoms with Gasteiger partial charge in [0, 0.05) is 18.3 Å². The quantitative estimate of drug-likeness (QED) is 0.856. The van der Waals surface area contributed by atoms with E-state index >= 15 is 0 Å². The van der Waals surface area contributed by atoms with Crippen LogP contribution < -0.4 is 5.73 Å². The summed E-state index contributed by atoms with van der Waals surface area (Å²) in [5, 5.41) is 11.9. The number of hydrogen-bond donors (Lipinski definition) is 2. The second-order valence-electron chi connectivity index (χ2n) is 5.32. The van der Waals surface area contributed by atoms with Gasteiger partial charge in [0.15, 0.2) is 0 Å². The van der Waals surface area contributed by atoms with Crippen molar-refractivity contribution in [3.63, 3.8) is 0 Å². The highest BCUT2D eigenvalue weighted by molar-refractivity contribution is 7.09. The summed E-state index contributed by atoms with van der Waals surface area (Å²) < 4.78 is 0. The second-order valence-corrected chi connectivity index (χ2v) is 6.26. The lowest BCUT2D eigenvalue weighted by molar-refractivity contribution is -0.144. The lowest BCUT2D eigenvalue weighted by atomic mass is 9.88. The Hall–Kier alpha value is -1.47. The van der Waals surface area contributed by atoms with E-state index in [9.17, 15) is 14.7 Å². The van der Waals surface area contributed by atoms with Crippen LogP contribution in [0.4, 0.5) is 0 Å². The van der Waals surface area contributed by atoms with Gasteiger partial charge in [-0.25, -0.2) is 9.78 Å². The average molecular weight is 311 g/mol. The van der Waals surface area contributed by atoms with Crippen molar-refractivity contribution in [3.8, 4) is 0 Å². The van der Waals surface area contributed by atoms with Gasteiger partial charge in [-0.05, 0) is 25.3 Å². The van der Waals surface area contributed by atoms with E-state index in [0.29, 0.717) is 37.5 Å². The standard InChI is InChI=1S/C14H21N3O3S/c1-2-9-4-6-17(11(7-9)14(19)20)13(18)10-8-21-12(16-10)3-5-15/h8-9,11H,2-7,15H2,1H3,(H,19,20). The van der Waals surface area contributed by atoms with Crippen molar-refractivity contribution in [1.82, 2.24) is 9.88 Å². The topological polar surface area (TPSA) is 96.5 Å². The molecule has 2 rings (SSSR count). The first-order valence-electron chi connectivity index (χ1n) is 7.25. The lowest BCUT2D eigenvalue weighted by Crippen LogP contribution is -2.50. The van der Waals surface area contributed by atoms with Crippen LogP contribution in [0.25, 0.3) is 0 Å². The number of nitrogens with two attached hydrogens (primary N) is 1. The summed E-state index contributed by atoms with van der Waals surface area (Å²) in [6, 6.07) is -0.740. The molecular weight excluding hydrogens is 290 g/mol. The van der Waals surface area contributed by atoms with Crippen LogP contribution in [0.2, 0.25) is 0 Å². The van der Waals surface area contributed by atoms with E-state index in [-0.39, 0.29) is 5.91 Å². The molecule has 1 aromatic heterocycles. The molecule has 1 amide bonds. The van der Waals surface area contributed by atoms with E-state index in [2.05, 4.69) is 11.9 Å². The average Bonchev–Trinajstić information content (AvgIpc) is 2.94. The minimum Gasteiger partial charge on any atom is -0.480 e. The molecule has 1 aliphatic heterocycles. The van der Waals surface area contributed by atoms with E-state index in [1.54, 1.807) is 5.38 Å². The highest BCUT2D eigenvalue weighted by Crippen LogP contribution is 2.27. The fourth-order valence-electron chi connectivity index (χ4n) is 2.68. The van der Waals surface area contributed by atoms with Crippen LogP contribution in [0.5, 0.6) is 0 Å². The molecule has 0 saturated carbocycles. The van der Waals surface area contributed by atoms with Crippen molar-refractivity contribution in [3.05, 3.63) is 16.1 Å². The molecule has 0 spiro atoms. The van der Waals surface area contributed by atoms with Gasteiger partial charge < -0.3 is 15.7 Å². The minimum absolute atomic E-state index is 0.281. The molecule has 116 valence electrons. The Morgan fingerprint density at radius 1 is 1.57 bits per heavy atom. The molecule has 3 N–H and O–H groups in total. The molecular formula is C14H21N3O3S. The molecule has 1 aromatic rings. The first-order chi connectivity index (χ1) is 10.1. The van der Waals surface area contributed by atoms with Crippen molar-refractivity contribution in [2.75, 3.05) is 13.1 Å². The highest BCUT2D eigenvalue weighted by atomic mass is 32.1. The number of carbonyl (C=O) groups is 2. The van der Waals surface area contributed by atoms with Crippen LogP contribution in [-0.2, 0) is 11.2 Å². The number of rotatable bonds is 5. The fraction of sp³-hybridized carbons (Fsp3) is 0.643. The van der Waals surface area contributed by atoms with Crippen molar-refractivity contribution in [2.24, 2.45) is 11.7 Å². The van der Waals surface area contributed by atoms with Gasteiger partial charge in [0.25, 0.3) is 5.91 Å². The largest absolute Gasteiger partial charge is 0.480 e. The number of hydrogen-bond acceptors (Lipinski definition) is 5. The van der Waals surface area contributed by atoms with Crippen LogP contribution in [0, 0.1) is 5.92 Å². The Bertz CT molecular complexity index is 517. The van der Waals surface area contributed by atoms with Crippen LogP contribution in [0.3, 0.4) is 0 Å². The summed E-state index contributed by atoms with van der Waals surface area (Å²) in [5.41, 5.74) is 5.81. The molecule has 1 saturated heterocycles. The molecule has 2 atom stereocenters. The third kappa shape index (κ3) is 3.59. The molecule has 0 aliphatic carbocycles. The van der Waals surface area contributed by atoms with Crippen LogP contribution in [-0.4, -0.2) is 46.0 Å². The van der Waals surface area contributed by atoms with E-state index in [1.807, 2.05) is 0 Å². The molecule has 0 radical (unpaired) electrons. The molecule has 0 aromatic carbocycles. The summed E-state index contributed by atoms with van der Waals surface area (Å²) in [6.45, 7) is 3.03. The zero-order valence-corrected chi connectivity index (χ0v) is 12.9. The maximum absolute atomic E-state index is 12.5. The van der Waals surface area contributed by atoms with Gasteiger partial charge >= 0.3 is 5.97 Å². The predicted octanol–water partition coefficient (Wildman–Crippen LogP) is 1.36. The van der Waals surface area contributed by atoms with Crippen molar-refractivity contribution >= 4 is 23.2 Å². The molecule has 1 aliphatic rings. The molecule has 2 heterocycles. The number of piperidine rings is 1.